The third-order valence-corrected chi connectivity index (χ3v) is 6.64. The highest BCUT2D eigenvalue weighted by Gasteiger charge is 2.28. The molecule has 1 saturated heterocycles. The van der Waals surface area contributed by atoms with Crippen molar-refractivity contribution in [2.45, 2.75) is 18.7 Å². The molecule has 1 aliphatic rings. The Morgan fingerprint density at radius 2 is 1.70 bits per heavy atom. The van der Waals surface area contributed by atoms with Gasteiger partial charge in [0.1, 0.15) is 4.90 Å². The van der Waals surface area contributed by atoms with Crippen molar-refractivity contribution in [2.24, 2.45) is 0 Å². The SMILES string of the molecule is Cc1cc(C)cc(C(=O)Nc2ccc(Cl)c(S(=O)(=O)N3CCOCC3)c2)c1. The fourth-order valence-electron chi connectivity index (χ4n) is 3.01. The zero-order valence-corrected chi connectivity index (χ0v) is 16.7. The Morgan fingerprint density at radius 1 is 1.07 bits per heavy atom. The van der Waals surface area contributed by atoms with Crippen molar-refractivity contribution in [3.05, 3.63) is 58.1 Å². The van der Waals surface area contributed by atoms with Crippen molar-refractivity contribution < 1.29 is 17.9 Å². The fraction of sp³-hybridized carbons (Fsp3) is 0.316. The summed E-state index contributed by atoms with van der Waals surface area (Å²) in [6, 6.07) is 10.0. The van der Waals surface area contributed by atoms with Gasteiger partial charge in [-0.25, -0.2) is 8.42 Å². The zero-order chi connectivity index (χ0) is 19.6. The van der Waals surface area contributed by atoms with Gasteiger partial charge in [-0.1, -0.05) is 28.8 Å². The monoisotopic (exact) mass is 408 g/mol. The molecule has 0 radical (unpaired) electrons. The van der Waals surface area contributed by atoms with Gasteiger partial charge in [-0.3, -0.25) is 4.79 Å². The van der Waals surface area contributed by atoms with Gasteiger partial charge in [-0.05, 0) is 44.2 Å². The summed E-state index contributed by atoms with van der Waals surface area (Å²) in [5, 5.41) is 2.87. The lowest BCUT2D eigenvalue weighted by molar-refractivity contribution is 0.0730. The Balaban J connectivity index is 1.87. The van der Waals surface area contributed by atoms with E-state index in [2.05, 4.69) is 5.32 Å². The van der Waals surface area contributed by atoms with Crippen molar-refractivity contribution in [1.82, 2.24) is 4.31 Å². The highest BCUT2D eigenvalue weighted by molar-refractivity contribution is 7.89. The Bertz CT molecular complexity index is 949. The number of ether oxygens (including phenoxy) is 1. The van der Waals surface area contributed by atoms with Gasteiger partial charge in [0.25, 0.3) is 5.91 Å². The molecule has 0 saturated carbocycles. The predicted octanol–water partition coefficient (Wildman–Crippen LogP) is 3.23. The van der Waals surface area contributed by atoms with E-state index in [0.29, 0.717) is 24.5 Å². The van der Waals surface area contributed by atoms with Crippen LogP contribution in [0.4, 0.5) is 5.69 Å². The highest BCUT2D eigenvalue weighted by atomic mass is 35.5. The van der Waals surface area contributed by atoms with Gasteiger partial charge in [-0.15, -0.1) is 0 Å². The van der Waals surface area contributed by atoms with Gasteiger partial charge in [0.15, 0.2) is 0 Å². The number of anilines is 1. The van der Waals surface area contributed by atoms with Crippen LogP contribution >= 0.6 is 11.6 Å². The minimum absolute atomic E-state index is 0.0238. The van der Waals surface area contributed by atoms with E-state index in [4.69, 9.17) is 16.3 Å². The molecule has 8 heteroatoms. The van der Waals surface area contributed by atoms with Crippen molar-refractivity contribution >= 4 is 33.2 Å². The maximum atomic E-state index is 12.9. The Hall–Kier alpha value is -1.93. The van der Waals surface area contributed by atoms with Gasteiger partial charge in [0.05, 0.1) is 18.2 Å². The largest absolute Gasteiger partial charge is 0.379 e. The molecular formula is C19H21ClN2O4S. The summed E-state index contributed by atoms with van der Waals surface area (Å²) in [6.45, 7) is 5.08. The molecule has 1 fully saturated rings. The van der Waals surface area contributed by atoms with Crippen LogP contribution in [-0.2, 0) is 14.8 Å². The van der Waals surface area contributed by atoms with Gasteiger partial charge >= 0.3 is 0 Å². The molecule has 0 aliphatic carbocycles. The van der Waals surface area contributed by atoms with Gasteiger partial charge in [-0.2, -0.15) is 4.31 Å². The number of hydrogen-bond acceptors (Lipinski definition) is 4. The lowest BCUT2D eigenvalue weighted by atomic mass is 10.1. The topological polar surface area (TPSA) is 75.7 Å². The van der Waals surface area contributed by atoms with Crippen molar-refractivity contribution in [3.63, 3.8) is 0 Å². The van der Waals surface area contributed by atoms with Crippen LogP contribution in [0, 0.1) is 13.8 Å². The number of carbonyl (C=O) groups is 1. The Labute approximate surface area is 164 Å². The first-order valence-corrected chi connectivity index (χ1v) is 10.4. The van der Waals surface area contributed by atoms with Crippen molar-refractivity contribution in [2.75, 3.05) is 31.6 Å². The van der Waals surface area contributed by atoms with E-state index in [1.165, 1.54) is 16.4 Å². The summed E-state index contributed by atoms with van der Waals surface area (Å²) >= 11 is 6.15. The molecule has 27 heavy (non-hydrogen) atoms. The summed E-state index contributed by atoms with van der Waals surface area (Å²) in [5.41, 5.74) is 2.84. The van der Waals surface area contributed by atoms with Crippen LogP contribution in [0.15, 0.2) is 41.3 Å². The lowest BCUT2D eigenvalue weighted by Gasteiger charge is -2.26. The molecule has 1 aliphatic heterocycles. The average molecular weight is 409 g/mol. The number of rotatable bonds is 4. The predicted molar refractivity (Wildman–Crippen MR) is 105 cm³/mol. The number of hydrogen-bond donors (Lipinski definition) is 1. The maximum Gasteiger partial charge on any atom is 0.255 e. The van der Waals surface area contributed by atoms with Crippen LogP contribution in [0.5, 0.6) is 0 Å². The van der Waals surface area contributed by atoms with Gasteiger partial charge in [0, 0.05) is 24.3 Å². The molecular weight excluding hydrogens is 388 g/mol. The van der Waals surface area contributed by atoms with E-state index in [-0.39, 0.29) is 28.9 Å². The second-order valence-electron chi connectivity index (χ2n) is 6.49. The lowest BCUT2D eigenvalue weighted by Crippen LogP contribution is -2.40. The van der Waals surface area contributed by atoms with E-state index < -0.39 is 10.0 Å². The average Bonchev–Trinajstić information content (AvgIpc) is 2.63. The first-order valence-electron chi connectivity index (χ1n) is 8.54. The molecule has 0 atom stereocenters. The summed E-state index contributed by atoms with van der Waals surface area (Å²) in [6.07, 6.45) is 0. The molecule has 0 spiro atoms. The molecule has 6 nitrogen and oxygen atoms in total. The third-order valence-electron chi connectivity index (χ3n) is 4.26. The van der Waals surface area contributed by atoms with E-state index in [1.54, 1.807) is 18.2 Å². The molecule has 0 unspecified atom stereocenters. The second-order valence-corrected chi connectivity index (χ2v) is 8.81. The maximum absolute atomic E-state index is 12.9. The number of amides is 1. The zero-order valence-electron chi connectivity index (χ0n) is 15.2. The first-order chi connectivity index (χ1) is 12.8. The minimum Gasteiger partial charge on any atom is -0.379 e. The molecule has 1 amide bonds. The summed E-state index contributed by atoms with van der Waals surface area (Å²) in [5.74, 6) is -0.307. The molecule has 3 rings (SSSR count). The van der Waals surface area contributed by atoms with Crippen LogP contribution in [-0.4, -0.2) is 44.9 Å². The van der Waals surface area contributed by atoms with Gasteiger partial charge < -0.3 is 10.1 Å². The summed E-state index contributed by atoms with van der Waals surface area (Å²) < 4.78 is 32.3. The fourth-order valence-corrected chi connectivity index (χ4v) is 4.92. The molecule has 2 aromatic carbocycles. The number of nitrogens with one attached hydrogen (secondary N) is 1. The summed E-state index contributed by atoms with van der Waals surface area (Å²) in [7, 11) is -3.76. The number of nitrogens with zero attached hydrogens (tertiary/aromatic N) is 1. The van der Waals surface area contributed by atoms with Crippen LogP contribution < -0.4 is 5.32 Å². The van der Waals surface area contributed by atoms with E-state index in [0.717, 1.165) is 11.1 Å². The van der Waals surface area contributed by atoms with Crippen molar-refractivity contribution in [1.29, 1.82) is 0 Å². The Kier molecular flexibility index (Phi) is 5.86. The van der Waals surface area contributed by atoms with E-state index in [9.17, 15) is 13.2 Å². The first kappa shape index (κ1) is 19.8. The molecule has 1 heterocycles. The van der Waals surface area contributed by atoms with E-state index >= 15 is 0 Å². The molecule has 144 valence electrons. The van der Waals surface area contributed by atoms with Crippen LogP contribution in [0.2, 0.25) is 5.02 Å². The molecule has 1 N–H and O–H groups in total. The van der Waals surface area contributed by atoms with Gasteiger partial charge in [0.2, 0.25) is 10.0 Å². The number of aryl methyl sites for hydroxylation is 2. The number of benzene rings is 2. The summed E-state index contributed by atoms with van der Waals surface area (Å²) in [4.78, 5) is 12.5. The van der Waals surface area contributed by atoms with Crippen LogP contribution in [0.1, 0.15) is 21.5 Å². The quantitative estimate of drug-likeness (QED) is 0.842. The molecule has 0 bridgehead atoms. The van der Waals surface area contributed by atoms with Crippen LogP contribution in [0.25, 0.3) is 0 Å². The smallest absolute Gasteiger partial charge is 0.255 e. The molecule has 2 aromatic rings. The number of halogens is 1. The van der Waals surface area contributed by atoms with Crippen LogP contribution in [0.3, 0.4) is 0 Å². The number of sulfonamides is 1. The Morgan fingerprint density at radius 3 is 2.33 bits per heavy atom. The minimum atomic E-state index is -3.76. The van der Waals surface area contributed by atoms with E-state index in [1.807, 2.05) is 19.9 Å². The molecule has 0 aromatic heterocycles. The normalized spacial score (nSPS) is 15.5. The third kappa shape index (κ3) is 4.50. The second kappa shape index (κ2) is 7.98. The number of morpholine rings is 1. The van der Waals surface area contributed by atoms with Crippen molar-refractivity contribution in [3.8, 4) is 0 Å². The highest BCUT2D eigenvalue weighted by Crippen LogP contribution is 2.28. The standard InChI is InChI=1S/C19H21ClN2O4S/c1-13-9-14(2)11-15(10-13)19(23)21-16-3-4-17(20)18(12-16)27(24,25)22-5-7-26-8-6-22/h3-4,9-12H,5-8H2,1-2H3,(H,21,23). The number of carbonyl (C=O) groups excluding carboxylic acids is 1.